The minimum atomic E-state index is -0.449. The Morgan fingerprint density at radius 1 is 1.03 bits per heavy atom. The fourth-order valence-corrected chi connectivity index (χ4v) is 3.69. The second kappa shape index (κ2) is 8.93. The number of thioether (sulfide) groups is 1. The molecule has 0 unspecified atom stereocenters. The van der Waals surface area contributed by atoms with Gasteiger partial charge in [0.25, 0.3) is 0 Å². The molecule has 0 aliphatic rings. The number of hydrogen-bond acceptors (Lipinski definition) is 6. The molecule has 8 heteroatoms. The van der Waals surface area contributed by atoms with Gasteiger partial charge in [-0.2, -0.15) is 0 Å². The van der Waals surface area contributed by atoms with Crippen LogP contribution in [0.3, 0.4) is 0 Å². The number of amides is 1. The molecule has 1 aromatic heterocycles. The van der Waals surface area contributed by atoms with Crippen molar-refractivity contribution in [3.63, 3.8) is 0 Å². The molecule has 0 bridgehead atoms. The van der Waals surface area contributed by atoms with Gasteiger partial charge < -0.3 is 11.2 Å². The SMILES string of the molecule is CC(=O)c1ccc(NC(=O)[C@H](C)Sc2nnc(-c3ccc(C(C)(C)C)cc3)n2N)cc1. The van der Waals surface area contributed by atoms with Crippen LogP contribution in [0.25, 0.3) is 11.4 Å². The Hall–Kier alpha value is -3.13. The molecule has 0 radical (unpaired) electrons. The van der Waals surface area contributed by atoms with Crippen LogP contribution >= 0.6 is 11.8 Å². The zero-order chi connectivity index (χ0) is 22.8. The molecule has 1 amide bonds. The molecule has 3 rings (SSSR count). The summed E-state index contributed by atoms with van der Waals surface area (Å²) in [7, 11) is 0. The predicted molar refractivity (Wildman–Crippen MR) is 125 cm³/mol. The number of anilines is 1. The van der Waals surface area contributed by atoms with E-state index in [0.29, 0.717) is 22.2 Å². The van der Waals surface area contributed by atoms with Crippen LogP contribution in [-0.2, 0) is 10.2 Å². The van der Waals surface area contributed by atoms with Crippen molar-refractivity contribution in [1.82, 2.24) is 14.9 Å². The van der Waals surface area contributed by atoms with Gasteiger partial charge in [0, 0.05) is 16.8 Å². The number of nitrogens with two attached hydrogens (primary N) is 1. The van der Waals surface area contributed by atoms with E-state index in [0.717, 1.165) is 5.56 Å². The van der Waals surface area contributed by atoms with Crippen molar-refractivity contribution in [3.8, 4) is 11.4 Å². The number of aromatic nitrogens is 3. The van der Waals surface area contributed by atoms with E-state index in [2.05, 4.69) is 48.4 Å². The average molecular weight is 438 g/mol. The molecule has 1 atom stereocenters. The van der Waals surface area contributed by atoms with Gasteiger partial charge in [-0.3, -0.25) is 9.59 Å². The first kappa shape index (κ1) is 22.6. The third kappa shape index (κ3) is 5.32. The van der Waals surface area contributed by atoms with Crippen molar-refractivity contribution in [3.05, 3.63) is 59.7 Å². The number of rotatable bonds is 6. The first-order chi connectivity index (χ1) is 14.6. The van der Waals surface area contributed by atoms with Gasteiger partial charge in [-0.05, 0) is 49.1 Å². The molecular formula is C23H27N5O2S. The number of benzene rings is 2. The second-order valence-corrected chi connectivity index (χ2v) is 9.69. The number of Topliss-reactive ketones (excluding diaryl/α,β-unsaturated/α-hetero) is 1. The third-order valence-corrected chi connectivity index (χ3v) is 5.94. The summed E-state index contributed by atoms with van der Waals surface area (Å²) < 4.78 is 1.40. The van der Waals surface area contributed by atoms with Crippen molar-refractivity contribution in [2.45, 2.75) is 50.4 Å². The zero-order valence-corrected chi connectivity index (χ0v) is 19.2. The fourth-order valence-electron chi connectivity index (χ4n) is 2.92. The molecule has 0 spiro atoms. The Kier molecular flexibility index (Phi) is 6.50. The number of nitrogens with zero attached hydrogens (tertiary/aromatic N) is 3. The summed E-state index contributed by atoms with van der Waals surface area (Å²) in [6.45, 7) is 9.75. The number of nitrogens with one attached hydrogen (secondary N) is 1. The molecule has 31 heavy (non-hydrogen) atoms. The third-order valence-electron chi connectivity index (χ3n) is 4.88. The van der Waals surface area contributed by atoms with E-state index in [4.69, 9.17) is 5.84 Å². The van der Waals surface area contributed by atoms with Crippen molar-refractivity contribution >= 4 is 29.1 Å². The van der Waals surface area contributed by atoms with Crippen LogP contribution in [-0.4, -0.2) is 31.8 Å². The largest absolute Gasteiger partial charge is 0.335 e. The monoisotopic (exact) mass is 437 g/mol. The minimum absolute atomic E-state index is 0.0204. The van der Waals surface area contributed by atoms with E-state index in [1.807, 2.05) is 12.1 Å². The summed E-state index contributed by atoms with van der Waals surface area (Å²) in [5.41, 5.74) is 3.36. The van der Waals surface area contributed by atoms with Gasteiger partial charge in [0.1, 0.15) is 0 Å². The normalized spacial score (nSPS) is 12.4. The lowest BCUT2D eigenvalue weighted by Gasteiger charge is -2.19. The molecule has 3 N–H and O–H groups in total. The molecule has 0 fully saturated rings. The molecule has 1 heterocycles. The van der Waals surface area contributed by atoms with Crippen LogP contribution in [0.5, 0.6) is 0 Å². The summed E-state index contributed by atoms with van der Waals surface area (Å²) in [5, 5.41) is 11.2. The maximum absolute atomic E-state index is 12.6. The van der Waals surface area contributed by atoms with Gasteiger partial charge in [0.15, 0.2) is 11.6 Å². The van der Waals surface area contributed by atoms with Crippen LogP contribution in [0.2, 0.25) is 0 Å². The van der Waals surface area contributed by atoms with E-state index in [1.165, 1.54) is 28.9 Å². The standard InChI is InChI=1S/C23H27N5O2S/c1-14(29)16-8-12-19(13-9-16)25-21(30)15(2)31-22-27-26-20(28(22)24)17-6-10-18(11-7-17)23(3,4)5/h6-13,15H,24H2,1-5H3,(H,25,30)/t15-/m0/s1. The lowest BCUT2D eigenvalue weighted by Crippen LogP contribution is -2.23. The molecule has 0 aliphatic heterocycles. The quantitative estimate of drug-likeness (QED) is 0.339. The van der Waals surface area contributed by atoms with Gasteiger partial charge in [0.05, 0.1) is 5.25 Å². The minimum Gasteiger partial charge on any atom is -0.335 e. The maximum atomic E-state index is 12.6. The lowest BCUT2D eigenvalue weighted by molar-refractivity contribution is -0.115. The molecule has 0 saturated heterocycles. The van der Waals surface area contributed by atoms with E-state index < -0.39 is 5.25 Å². The number of carbonyl (C=O) groups is 2. The van der Waals surface area contributed by atoms with Gasteiger partial charge in [-0.25, -0.2) is 4.68 Å². The molecule has 7 nitrogen and oxygen atoms in total. The van der Waals surface area contributed by atoms with Crippen molar-refractivity contribution in [2.75, 3.05) is 11.2 Å². The Morgan fingerprint density at radius 2 is 1.65 bits per heavy atom. The van der Waals surface area contributed by atoms with E-state index in [-0.39, 0.29) is 17.1 Å². The molecule has 0 saturated carbocycles. The van der Waals surface area contributed by atoms with Crippen LogP contribution in [0, 0.1) is 0 Å². The highest BCUT2D eigenvalue weighted by Gasteiger charge is 2.21. The zero-order valence-electron chi connectivity index (χ0n) is 18.3. The molecular weight excluding hydrogens is 410 g/mol. The summed E-state index contributed by atoms with van der Waals surface area (Å²) in [6.07, 6.45) is 0. The predicted octanol–water partition coefficient (Wildman–Crippen LogP) is 4.28. The number of nitrogen functional groups attached to an aromatic ring is 1. The summed E-state index contributed by atoms with van der Waals surface area (Å²) in [6, 6.07) is 14.8. The first-order valence-corrected chi connectivity index (χ1v) is 10.8. The van der Waals surface area contributed by atoms with Gasteiger partial charge in [0.2, 0.25) is 11.1 Å². The van der Waals surface area contributed by atoms with Crippen LogP contribution in [0.1, 0.15) is 50.5 Å². The van der Waals surface area contributed by atoms with Crippen LogP contribution in [0.15, 0.2) is 53.7 Å². The Morgan fingerprint density at radius 3 is 2.19 bits per heavy atom. The average Bonchev–Trinajstić information content (AvgIpc) is 3.08. The maximum Gasteiger partial charge on any atom is 0.237 e. The number of hydrogen-bond donors (Lipinski definition) is 2. The van der Waals surface area contributed by atoms with E-state index in [1.54, 1.807) is 31.2 Å². The summed E-state index contributed by atoms with van der Waals surface area (Å²) in [4.78, 5) is 23.9. The second-order valence-electron chi connectivity index (χ2n) is 8.39. The number of ketones is 1. The first-order valence-electron chi connectivity index (χ1n) is 9.96. The topological polar surface area (TPSA) is 103 Å². The van der Waals surface area contributed by atoms with Crippen LogP contribution in [0.4, 0.5) is 5.69 Å². The molecule has 2 aromatic carbocycles. The smallest absolute Gasteiger partial charge is 0.237 e. The Labute approximate surface area is 186 Å². The summed E-state index contributed by atoms with van der Waals surface area (Å²) >= 11 is 1.23. The highest BCUT2D eigenvalue weighted by atomic mass is 32.2. The highest BCUT2D eigenvalue weighted by molar-refractivity contribution is 8.00. The Balaban J connectivity index is 1.68. The number of carbonyl (C=O) groups excluding carboxylic acids is 2. The van der Waals surface area contributed by atoms with Crippen molar-refractivity contribution in [2.24, 2.45) is 0 Å². The fraction of sp³-hybridized carbons (Fsp3) is 0.304. The van der Waals surface area contributed by atoms with Crippen molar-refractivity contribution in [1.29, 1.82) is 0 Å². The highest BCUT2D eigenvalue weighted by Crippen LogP contribution is 2.28. The molecule has 162 valence electrons. The molecule has 3 aromatic rings. The van der Waals surface area contributed by atoms with Gasteiger partial charge >= 0.3 is 0 Å². The van der Waals surface area contributed by atoms with E-state index in [9.17, 15) is 9.59 Å². The molecule has 0 aliphatic carbocycles. The summed E-state index contributed by atoms with van der Waals surface area (Å²) in [5.74, 6) is 6.53. The van der Waals surface area contributed by atoms with Gasteiger partial charge in [-0.15, -0.1) is 10.2 Å². The van der Waals surface area contributed by atoms with Crippen LogP contribution < -0.4 is 11.2 Å². The van der Waals surface area contributed by atoms with Gasteiger partial charge in [-0.1, -0.05) is 56.8 Å². The van der Waals surface area contributed by atoms with E-state index >= 15 is 0 Å². The lowest BCUT2D eigenvalue weighted by atomic mass is 9.87. The Bertz CT molecular complexity index is 1080. The van der Waals surface area contributed by atoms with Crippen molar-refractivity contribution < 1.29 is 9.59 Å².